The number of imidazole rings is 1. The van der Waals surface area contributed by atoms with Crippen LogP contribution in [0.15, 0.2) is 61.2 Å². The van der Waals surface area contributed by atoms with E-state index in [1.165, 1.54) is 12.1 Å². The van der Waals surface area contributed by atoms with Gasteiger partial charge in [-0.15, -0.1) is 6.58 Å². The Kier molecular flexibility index (Phi) is 4.86. The fraction of sp³-hybridized carbons (Fsp3) is 0.0909. The quantitative estimate of drug-likeness (QED) is 0.490. The lowest BCUT2D eigenvalue weighted by Crippen LogP contribution is -2.17. The lowest BCUT2D eigenvalue weighted by molar-refractivity contribution is 0.629. The first-order valence-electron chi connectivity index (χ1n) is 9.18. The van der Waals surface area contributed by atoms with Gasteiger partial charge in [0.05, 0.1) is 16.7 Å². The van der Waals surface area contributed by atoms with Crippen molar-refractivity contribution in [2.24, 2.45) is 0 Å². The molecule has 4 aromatic rings. The number of benzene rings is 2. The molecular weight excluding hydrogens is 381 g/mol. The summed E-state index contributed by atoms with van der Waals surface area (Å²) in [5.41, 5.74) is 8.58. The van der Waals surface area contributed by atoms with Crippen LogP contribution in [0.5, 0.6) is 0 Å². The fourth-order valence-electron chi connectivity index (χ4n) is 3.33. The Balaban J connectivity index is 1.90. The molecule has 2 aromatic heterocycles. The Labute approximate surface area is 172 Å². The summed E-state index contributed by atoms with van der Waals surface area (Å²) in [7, 11) is 0. The van der Waals surface area contributed by atoms with Crippen molar-refractivity contribution in [3.63, 3.8) is 0 Å². The van der Waals surface area contributed by atoms with Gasteiger partial charge in [0.15, 0.2) is 5.82 Å². The molecular formula is C22H18FN7. The largest absolute Gasteiger partial charge is 0.368 e. The summed E-state index contributed by atoms with van der Waals surface area (Å²) in [5.74, 6) is 0.538. The van der Waals surface area contributed by atoms with E-state index in [0.717, 1.165) is 5.69 Å². The molecule has 0 fully saturated rings. The first-order valence-corrected chi connectivity index (χ1v) is 9.18. The second-order valence-electron chi connectivity index (χ2n) is 6.63. The van der Waals surface area contributed by atoms with Gasteiger partial charge in [-0.05, 0) is 31.2 Å². The summed E-state index contributed by atoms with van der Waals surface area (Å²) in [4.78, 5) is 12.9. The van der Waals surface area contributed by atoms with Gasteiger partial charge in [0.1, 0.15) is 29.3 Å². The van der Waals surface area contributed by atoms with E-state index in [4.69, 9.17) is 10.7 Å². The summed E-state index contributed by atoms with van der Waals surface area (Å²) in [6, 6.07) is 15.5. The lowest BCUT2D eigenvalue weighted by atomic mass is 10.2. The van der Waals surface area contributed by atoms with Crippen LogP contribution >= 0.6 is 0 Å². The van der Waals surface area contributed by atoms with Crippen LogP contribution in [0.2, 0.25) is 0 Å². The first-order chi connectivity index (χ1) is 14.5. The third-order valence-electron chi connectivity index (χ3n) is 4.68. The topological polar surface area (TPSA) is 105 Å². The molecule has 0 spiro atoms. The molecule has 2 heterocycles. The Hall–Kier alpha value is -4.25. The van der Waals surface area contributed by atoms with Gasteiger partial charge in [0, 0.05) is 11.8 Å². The van der Waals surface area contributed by atoms with Crippen molar-refractivity contribution in [2.75, 3.05) is 11.1 Å². The Morgan fingerprint density at radius 1 is 1.20 bits per heavy atom. The number of nitrogens with zero attached hydrogens (tertiary/aromatic N) is 5. The number of aromatic nitrogens is 4. The molecule has 0 saturated heterocycles. The van der Waals surface area contributed by atoms with Crippen LogP contribution in [0.3, 0.4) is 0 Å². The number of nitriles is 1. The summed E-state index contributed by atoms with van der Waals surface area (Å²) in [6.07, 6.45) is 1.64. The van der Waals surface area contributed by atoms with Crippen LogP contribution in [0.1, 0.15) is 23.1 Å². The zero-order valence-electron chi connectivity index (χ0n) is 16.2. The van der Waals surface area contributed by atoms with Gasteiger partial charge >= 0.3 is 0 Å². The number of para-hydroxylation sites is 1. The molecule has 0 radical (unpaired) electrons. The number of rotatable bonds is 5. The molecule has 0 aliphatic heterocycles. The van der Waals surface area contributed by atoms with Crippen molar-refractivity contribution >= 4 is 22.8 Å². The number of nitrogen functional groups attached to an aromatic ring is 1. The molecule has 148 valence electrons. The maximum atomic E-state index is 14.0. The average Bonchev–Trinajstić information content (AvgIpc) is 3.10. The van der Waals surface area contributed by atoms with Crippen molar-refractivity contribution in [2.45, 2.75) is 13.0 Å². The number of hydrogen-bond acceptors (Lipinski definition) is 6. The standard InChI is InChI=1S/C22H18FN7/c1-3-17(27-20-16(12-24)13(2)26-22(25)29-20)21-28-18-10-9-14(23)11-19(18)30(21)15-7-5-4-6-8-15/h3-11,17H,1H2,2H3,(H3,25,26,27,29). The van der Waals surface area contributed by atoms with Gasteiger partial charge < -0.3 is 11.1 Å². The van der Waals surface area contributed by atoms with Gasteiger partial charge in [-0.1, -0.05) is 24.3 Å². The minimum atomic E-state index is -0.540. The molecule has 1 atom stereocenters. The highest BCUT2D eigenvalue weighted by atomic mass is 19.1. The highest BCUT2D eigenvalue weighted by Crippen LogP contribution is 2.29. The highest BCUT2D eigenvalue weighted by molar-refractivity contribution is 5.79. The normalized spacial score (nSPS) is 11.8. The minimum absolute atomic E-state index is 0.0513. The van der Waals surface area contributed by atoms with Crippen LogP contribution in [0.4, 0.5) is 16.2 Å². The molecule has 0 saturated carbocycles. The van der Waals surface area contributed by atoms with E-state index in [-0.39, 0.29) is 23.1 Å². The Morgan fingerprint density at radius 2 is 1.97 bits per heavy atom. The number of hydrogen-bond donors (Lipinski definition) is 2. The van der Waals surface area contributed by atoms with Crippen molar-refractivity contribution in [1.82, 2.24) is 19.5 Å². The monoisotopic (exact) mass is 399 g/mol. The lowest BCUT2D eigenvalue weighted by Gasteiger charge is -2.19. The van der Waals surface area contributed by atoms with Crippen LogP contribution < -0.4 is 11.1 Å². The zero-order valence-corrected chi connectivity index (χ0v) is 16.2. The van der Waals surface area contributed by atoms with E-state index in [9.17, 15) is 9.65 Å². The summed E-state index contributed by atoms with van der Waals surface area (Å²) in [6.45, 7) is 5.60. The second-order valence-corrected chi connectivity index (χ2v) is 6.63. The summed E-state index contributed by atoms with van der Waals surface area (Å²) < 4.78 is 15.9. The number of halogens is 1. The van der Waals surface area contributed by atoms with Crippen molar-refractivity contribution < 1.29 is 4.39 Å². The predicted octanol–water partition coefficient (Wildman–Crippen LogP) is 4.06. The number of fused-ring (bicyclic) bond motifs is 1. The SMILES string of the molecule is C=CC(Nc1nc(N)nc(C)c1C#N)c1nc2ccc(F)cc2n1-c1ccccc1. The van der Waals surface area contributed by atoms with Crippen LogP contribution in [-0.4, -0.2) is 19.5 Å². The third kappa shape index (κ3) is 3.33. The Bertz CT molecular complexity index is 1290. The zero-order chi connectivity index (χ0) is 21.3. The number of nitrogens with two attached hydrogens (primary N) is 1. The maximum Gasteiger partial charge on any atom is 0.222 e. The Morgan fingerprint density at radius 3 is 2.67 bits per heavy atom. The van der Waals surface area contributed by atoms with Gasteiger partial charge in [-0.2, -0.15) is 10.2 Å². The molecule has 0 bridgehead atoms. The second kappa shape index (κ2) is 7.64. The van der Waals surface area contributed by atoms with E-state index in [0.29, 0.717) is 22.6 Å². The van der Waals surface area contributed by atoms with Gasteiger partial charge in [0.2, 0.25) is 5.95 Å². The smallest absolute Gasteiger partial charge is 0.222 e. The number of aryl methyl sites for hydroxylation is 1. The van der Waals surface area contributed by atoms with E-state index >= 15 is 0 Å². The maximum absolute atomic E-state index is 14.0. The molecule has 0 aliphatic carbocycles. The molecule has 3 N–H and O–H groups in total. The molecule has 2 aromatic carbocycles. The van der Waals surface area contributed by atoms with Gasteiger partial charge in [-0.25, -0.2) is 14.4 Å². The van der Waals surface area contributed by atoms with Crippen LogP contribution in [0.25, 0.3) is 16.7 Å². The van der Waals surface area contributed by atoms with E-state index in [2.05, 4.69) is 27.9 Å². The molecule has 1 unspecified atom stereocenters. The van der Waals surface area contributed by atoms with Crippen LogP contribution in [0, 0.1) is 24.1 Å². The highest BCUT2D eigenvalue weighted by Gasteiger charge is 2.22. The van der Waals surface area contributed by atoms with Crippen molar-refractivity contribution in [3.05, 3.63) is 84.1 Å². The third-order valence-corrected chi connectivity index (χ3v) is 4.68. The van der Waals surface area contributed by atoms with Gasteiger partial charge in [0.25, 0.3) is 0 Å². The fourth-order valence-corrected chi connectivity index (χ4v) is 3.33. The number of anilines is 2. The molecule has 7 nitrogen and oxygen atoms in total. The molecule has 30 heavy (non-hydrogen) atoms. The first kappa shape index (κ1) is 19.1. The van der Waals surface area contributed by atoms with Gasteiger partial charge in [-0.3, -0.25) is 4.57 Å². The molecule has 0 amide bonds. The van der Waals surface area contributed by atoms with E-state index in [1.807, 2.05) is 34.9 Å². The molecule has 0 aliphatic rings. The molecule has 4 rings (SSSR count). The summed E-state index contributed by atoms with van der Waals surface area (Å²) in [5, 5.41) is 12.7. The minimum Gasteiger partial charge on any atom is -0.368 e. The summed E-state index contributed by atoms with van der Waals surface area (Å²) >= 11 is 0. The van der Waals surface area contributed by atoms with E-state index < -0.39 is 6.04 Å². The predicted molar refractivity (Wildman–Crippen MR) is 113 cm³/mol. The van der Waals surface area contributed by atoms with Crippen molar-refractivity contribution in [3.8, 4) is 11.8 Å². The van der Waals surface area contributed by atoms with Crippen molar-refractivity contribution in [1.29, 1.82) is 5.26 Å². The number of nitrogens with one attached hydrogen (secondary N) is 1. The van der Waals surface area contributed by atoms with E-state index in [1.54, 1.807) is 19.1 Å². The molecule has 8 heteroatoms. The van der Waals surface area contributed by atoms with Crippen LogP contribution in [-0.2, 0) is 0 Å². The average molecular weight is 399 g/mol.